The number of amides is 1. The molecular formula is C23H15BrF3N3O2. The summed E-state index contributed by atoms with van der Waals surface area (Å²) in [6, 6.07) is 18.3. The van der Waals surface area contributed by atoms with Crippen molar-refractivity contribution in [3.05, 3.63) is 99.0 Å². The summed E-state index contributed by atoms with van der Waals surface area (Å²) in [5.41, 5.74) is 2.83. The van der Waals surface area contributed by atoms with Crippen LogP contribution in [0.15, 0.2) is 76.3 Å². The minimum atomic E-state index is -4.55. The molecule has 5 nitrogen and oxygen atoms in total. The minimum Gasteiger partial charge on any atom is -0.488 e. The Morgan fingerprint density at radius 1 is 1.12 bits per heavy atom. The van der Waals surface area contributed by atoms with Crippen LogP contribution in [-0.4, -0.2) is 12.1 Å². The maximum absolute atomic E-state index is 12.8. The van der Waals surface area contributed by atoms with Crippen molar-refractivity contribution < 1.29 is 22.7 Å². The lowest BCUT2D eigenvalue weighted by Crippen LogP contribution is -2.18. The van der Waals surface area contributed by atoms with E-state index in [0.717, 1.165) is 22.7 Å². The first-order valence-corrected chi connectivity index (χ1v) is 9.98. The topological polar surface area (TPSA) is 74.5 Å². The second kappa shape index (κ2) is 10.1. The molecule has 0 atom stereocenters. The third kappa shape index (κ3) is 5.95. The van der Waals surface area contributed by atoms with Gasteiger partial charge in [-0.3, -0.25) is 4.79 Å². The summed E-state index contributed by atoms with van der Waals surface area (Å²) in [5.74, 6) is -0.342. The van der Waals surface area contributed by atoms with Gasteiger partial charge in [0.1, 0.15) is 12.4 Å². The molecule has 162 valence electrons. The van der Waals surface area contributed by atoms with Crippen molar-refractivity contribution in [2.24, 2.45) is 5.10 Å². The van der Waals surface area contributed by atoms with Crippen LogP contribution < -0.4 is 10.2 Å². The number of hydrogen-bond donors (Lipinski definition) is 1. The van der Waals surface area contributed by atoms with E-state index in [-0.39, 0.29) is 12.2 Å². The highest BCUT2D eigenvalue weighted by Gasteiger charge is 2.30. The van der Waals surface area contributed by atoms with Crippen LogP contribution >= 0.6 is 15.9 Å². The molecular weight excluding hydrogens is 487 g/mol. The highest BCUT2D eigenvalue weighted by atomic mass is 79.9. The average molecular weight is 502 g/mol. The quantitative estimate of drug-likeness (QED) is 0.348. The molecule has 0 aliphatic heterocycles. The predicted octanol–water partition coefficient (Wildman–Crippen LogP) is 5.68. The molecule has 1 N–H and O–H groups in total. The van der Waals surface area contributed by atoms with Crippen molar-refractivity contribution in [2.75, 3.05) is 0 Å². The van der Waals surface area contributed by atoms with Crippen molar-refractivity contribution in [1.29, 1.82) is 5.26 Å². The Bertz CT molecular complexity index is 1200. The molecule has 0 aliphatic rings. The lowest BCUT2D eigenvalue weighted by Gasteiger charge is -2.11. The fourth-order valence-electron chi connectivity index (χ4n) is 2.72. The van der Waals surface area contributed by atoms with Gasteiger partial charge >= 0.3 is 6.18 Å². The van der Waals surface area contributed by atoms with Crippen molar-refractivity contribution in [3.8, 4) is 11.8 Å². The summed E-state index contributed by atoms with van der Waals surface area (Å²) in [4.78, 5) is 12.2. The number of nitriles is 1. The monoisotopic (exact) mass is 501 g/mol. The number of carbonyl (C=O) groups is 1. The van der Waals surface area contributed by atoms with Crippen LogP contribution in [0.3, 0.4) is 0 Å². The van der Waals surface area contributed by atoms with Crippen LogP contribution in [-0.2, 0) is 12.8 Å². The van der Waals surface area contributed by atoms with Crippen LogP contribution in [0.25, 0.3) is 0 Å². The van der Waals surface area contributed by atoms with E-state index in [1.54, 1.807) is 42.5 Å². The first kappa shape index (κ1) is 23.0. The van der Waals surface area contributed by atoms with Crippen LogP contribution in [0.2, 0.25) is 0 Å². The summed E-state index contributed by atoms with van der Waals surface area (Å²) >= 11 is 3.35. The highest BCUT2D eigenvalue weighted by molar-refractivity contribution is 9.10. The number of hydrazone groups is 1. The van der Waals surface area contributed by atoms with Gasteiger partial charge in [0.05, 0.1) is 23.4 Å². The molecule has 0 radical (unpaired) electrons. The Hall–Kier alpha value is -3.64. The van der Waals surface area contributed by atoms with Crippen molar-refractivity contribution in [1.82, 2.24) is 5.43 Å². The molecule has 9 heteroatoms. The van der Waals surface area contributed by atoms with Gasteiger partial charge in [0.15, 0.2) is 0 Å². The summed E-state index contributed by atoms with van der Waals surface area (Å²) in [5, 5.41) is 13.0. The number of alkyl halides is 3. The summed E-state index contributed by atoms with van der Waals surface area (Å²) in [7, 11) is 0. The van der Waals surface area contributed by atoms with Gasteiger partial charge in [-0.1, -0.05) is 40.2 Å². The zero-order chi connectivity index (χ0) is 23.1. The molecule has 0 fully saturated rings. The maximum atomic E-state index is 12.8. The van der Waals surface area contributed by atoms with Gasteiger partial charge < -0.3 is 4.74 Å². The van der Waals surface area contributed by atoms with E-state index in [1.807, 2.05) is 0 Å². The second-order valence-electron chi connectivity index (χ2n) is 6.52. The number of nitrogens with one attached hydrogen (secondary N) is 1. The lowest BCUT2D eigenvalue weighted by atomic mass is 10.1. The molecule has 0 spiro atoms. The number of halogens is 4. The Kier molecular flexibility index (Phi) is 7.28. The van der Waals surface area contributed by atoms with Crippen molar-refractivity contribution in [2.45, 2.75) is 12.8 Å². The second-order valence-corrected chi connectivity index (χ2v) is 7.43. The molecule has 0 aromatic heterocycles. The van der Waals surface area contributed by atoms with E-state index in [4.69, 9.17) is 4.74 Å². The highest BCUT2D eigenvalue weighted by Crippen LogP contribution is 2.29. The molecule has 0 aliphatic carbocycles. The molecule has 3 aromatic carbocycles. The molecule has 0 unspecified atom stereocenters. The van der Waals surface area contributed by atoms with E-state index >= 15 is 0 Å². The van der Waals surface area contributed by atoms with Gasteiger partial charge in [-0.25, -0.2) is 5.43 Å². The van der Waals surface area contributed by atoms with Crippen LogP contribution in [0.4, 0.5) is 13.2 Å². The number of hydrogen-bond acceptors (Lipinski definition) is 4. The number of carbonyl (C=O) groups excluding carboxylic acids is 1. The van der Waals surface area contributed by atoms with Crippen LogP contribution in [0, 0.1) is 11.3 Å². The smallest absolute Gasteiger partial charge is 0.416 e. The maximum Gasteiger partial charge on any atom is 0.416 e. The average Bonchev–Trinajstić information content (AvgIpc) is 2.78. The zero-order valence-corrected chi connectivity index (χ0v) is 17.9. The van der Waals surface area contributed by atoms with Gasteiger partial charge in [0, 0.05) is 21.2 Å². The van der Waals surface area contributed by atoms with E-state index in [1.165, 1.54) is 12.3 Å². The Labute approximate surface area is 190 Å². The van der Waals surface area contributed by atoms with E-state index in [2.05, 4.69) is 32.5 Å². The van der Waals surface area contributed by atoms with Crippen LogP contribution in [0.1, 0.15) is 32.6 Å². The van der Waals surface area contributed by atoms with E-state index in [0.29, 0.717) is 22.4 Å². The Balaban J connectivity index is 1.73. The summed E-state index contributed by atoms with van der Waals surface area (Å²) < 4.78 is 45.0. The summed E-state index contributed by atoms with van der Waals surface area (Å²) in [6.45, 7) is 0.142. The Morgan fingerprint density at radius 2 is 1.91 bits per heavy atom. The Morgan fingerprint density at radius 3 is 2.66 bits per heavy atom. The molecule has 32 heavy (non-hydrogen) atoms. The van der Waals surface area contributed by atoms with Crippen molar-refractivity contribution in [3.63, 3.8) is 0 Å². The predicted molar refractivity (Wildman–Crippen MR) is 116 cm³/mol. The van der Waals surface area contributed by atoms with Gasteiger partial charge in [0.2, 0.25) is 0 Å². The largest absolute Gasteiger partial charge is 0.488 e. The molecule has 1 amide bonds. The zero-order valence-electron chi connectivity index (χ0n) is 16.4. The molecule has 0 saturated carbocycles. The number of benzene rings is 3. The first-order chi connectivity index (χ1) is 15.3. The SMILES string of the molecule is N#Cc1ccccc1COc1ccc(Br)cc1C=NNC(=O)c1cccc(C(F)(F)F)c1. The standard InChI is InChI=1S/C23H15BrF3N3O2/c24-20-8-9-21(32-14-17-5-2-1-4-16(17)12-28)18(11-20)13-29-30-22(31)15-6-3-7-19(10-15)23(25,26)27/h1-11,13H,14H2,(H,30,31). The van der Waals surface area contributed by atoms with E-state index < -0.39 is 17.6 Å². The van der Waals surface area contributed by atoms with E-state index in [9.17, 15) is 23.2 Å². The number of nitrogens with zero attached hydrogens (tertiary/aromatic N) is 2. The fourth-order valence-corrected chi connectivity index (χ4v) is 3.10. The van der Waals surface area contributed by atoms with Gasteiger partial charge in [-0.2, -0.15) is 23.5 Å². The molecule has 3 aromatic rings. The third-order valence-electron chi connectivity index (χ3n) is 4.31. The molecule has 0 heterocycles. The minimum absolute atomic E-state index is 0.142. The fraction of sp³-hybridized carbons (Fsp3) is 0.0870. The van der Waals surface area contributed by atoms with Gasteiger partial charge in [-0.15, -0.1) is 0 Å². The number of ether oxygens (including phenoxy) is 1. The summed E-state index contributed by atoms with van der Waals surface area (Å²) in [6.07, 6.45) is -3.23. The molecule has 3 rings (SSSR count). The molecule has 0 saturated heterocycles. The third-order valence-corrected chi connectivity index (χ3v) is 4.81. The lowest BCUT2D eigenvalue weighted by molar-refractivity contribution is -0.137. The van der Waals surface area contributed by atoms with Gasteiger partial charge in [-0.05, 0) is 42.5 Å². The normalized spacial score (nSPS) is 11.2. The molecule has 0 bridgehead atoms. The van der Waals surface area contributed by atoms with Gasteiger partial charge in [0.25, 0.3) is 5.91 Å². The van der Waals surface area contributed by atoms with Crippen molar-refractivity contribution >= 4 is 28.1 Å². The first-order valence-electron chi connectivity index (χ1n) is 9.19. The van der Waals surface area contributed by atoms with Crippen LogP contribution in [0.5, 0.6) is 5.75 Å². The number of rotatable bonds is 6.